The number of carboxylic acid groups (broad SMARTS) is 1. The first kappa shape index (κ1) is 13.5. The maximum absolute atomic E-state index is 11.4. The Hall–Kier alpha value is -1.49. The average Bonchev–Trinajstić information content (AvgIpc) is 3.07. The number of carboxylic acids is 1. The fourth-order valence-corrected chi connectivity index (χ4v) is 4.14. The monoisotopic (exact) mass is 290 g/mol. The summed E-state index contributed by atoms with van der Waals surface area (Å²) in [5.41, 5.74) is 1.86. The molecule has 1 saturated carbocycles. The van der Waals surface area contributed by atoms with Gasteiger partial charge in [-0.2, -0.15) is 11.8 Å². The van der Waals surface area contributed by atoms with Crippen molar-refractivity contribution in [3.8, 4) is 0 Å². The maximum atomic E-state index is 11.4. The first-order valence-electron chi connectivity index (χ1n) is 6.87. The van der Waals surface area contributed by atoms with Gasteiger partial charge in [0.15, 0.2) is 0 Å². The molecule has 4 nitrogen and oxygen atoms in total. The van der Waals surface area contributed by atoms with Crippen molar-refractivity contribution in [2.45, 2.75) is 37.0 Å². The maximum Gasteiger partial charge on any atom is 0.337 e. The van der Waals surface area contributed by atoms with Crippen LogP contribution in [-0.2, 0) is 6.54 Å². The molecular formula is C15H18N2O2S. The molecule has 0 unspecified atom stereocenters. The van der Waals surface area contributed by atoms with Crippen LogP contribution in [0, 0.1) is 0 Å². The highest BCUT2D eigenvalue weighted by molar-refractivity contribution is 8.00. The van der Waals surface area contributed by atoms with Gasteiger partial charge in [-0.15, -0.1) is 0 Å². The van der Waals surface area contributed by atoms with Crippen LogP contribution in [0.15, 0.2) is 24.5 Å². The zero-order chi connectivity index (χ0) is 14.2. The van der Waals surface area contributed by atoms with Gasteiger partial charge in [-0.25, -0.2) is 9.78 Å². The third kappa shape index (κ3) is 2.20. The van der Waals surface area contributed by atoms with Crippen LogP contribution in [0.1, 0.15) is 36.0 Å². The molecule has 0 spiro atoms. The molecule has 0 saturated heterocycles. The van der Waals surface area contributed by atoms with E-state index < -0.39 is 5.97 Å². The number of nitrogens with zero attached hydrogens (tertiary/aromatic N) is 2. The lowest BCUT2D eigenvalue weighted by Crippen LogP contribution is -2.26. The van der Waals surface area contributed by atoms with Crippen molar-refractivity contribution < 1.29 is 9.90 Å². The number of aromatic carboxylic acids is 1. The molecule has 3 rings (SSSR count). The first-order chi connectivity index (χ1) is 9.65. The summed E-state index contributed by atoms with van der Waals surface area (Å²) in [5, 5.41) is 9.36. The lowest BCUT2D eigenvalue weighted by Gasteiger charge is -2.27. The molecule has 1 aromatic heterocycles. The van der Waals surface area contributed by atoms with Crippen LogP contribution in [0.3, 0.4) is 0 Å². The highest BCUT2D eigenvalue weighted by atomic mass is 32.2. The topological polar surface area (TPSA) is 55.1 Å². The minimum atomic E-state index is -0.887. The van der Waals surface area contributed by atoms with Gasteiger partial charge in [-0.3, -0.25) is 0 Å². The highest BCUT2D eigenvalue weighted by Crippen LogP contribution is 2.42. The van der Waals surface area contributed by atoms with Crippen LogP contribution in [0.5, 0.6) is 0 Å². The van der Waals surface area contributed by atoms with E-state index in [0.29, 0.717) is 5.56 Å². The second-order valence-corrected chi connectivity index (χ2v) is 6.72. The van der Waals surface area contributed by atoms with Gasteiger partial charge in [0.05, 0.1) is 22.9 Å². The Morgan fingerprint density at radius 2 is 2.20 bits per heavy atom. The van der Waals surface area contributed by atoms with E-state index in [4.69, 9.17) is 0 Å². The Morgan fingerprint density at radius 3 is 2.85 bits per heavy atom. The molecule has 1 fully saturated rings. The average molecular weight is 290 g/mol. The van der Waals surface area contributed by atoms with Crippen LogP contribution in [0.2, 0.25) is 0 Å². The van der Waals surface area contributed by atoms with E-state index in [2.05, 4.69) is 11.2 Å². The summed E-state index contributed by atoms with van der Waals surface area (Å²) < 4.78 is 2.26. The van der Waals surface area contributed by atoms with Gasteiger partial charge < -0.3 is 9.67 Å². The fourth-order valence-electron chi connectivity index (χ4n) is 3.18. The zero-order valence-corrected chi connectivity index (χ0v) is 12.3. The van der Waals surface area contributed by atoms with Gasteiger partial charge in [0.1, 0.15) is 0 Å². The van der Waals surface area contributed by atoms with Gasteiger partial charge in [0, 0.05) is 11.3 Å². The molecule has 0 radical (unpaired) electrons. The summed E-state index contributed by atoms with van der Waals surface area (Å²) in [6.45, 7) is 0.842. The number of hydrogen-bond acceptors (Lipinski definition) is 3. The van der Waals surface area contributed by atoms with Crippen LogP contribution in [0.25, 0.3) is 11.0 Å². The van der Waals surface area contributed by atoms with Gasteiger partial charge >= 0.3 is 5.97 Å². The SMILES string of the molecule is CSC1(Cn2cnc3cccc(C(=O)O)c32)CCCC1. The van der Waals surface area contributed by atoms with E-state index in [0.717, 1.165) is 17.6 Å². The summed E-state index contributed by atoms with van der Waals surface area (Å²) in [6, 6.07) is 5.28. The molecule has 1 aromatic carbocycles. The van der Waals surface area contributed by atoms with E-state index in [1.165, 1.54) is 25.7 Å². The predicted octanol–water partition coefficient (Wildman–Crippen LogP) is 3.41. The molecule has 2 aromatic rings. The lowest BCUT2D eigenvalue weighted by atomic mass is 10.1. The summed E-state index contributed by atoms with van der Waals surface area (Å²) in [7, 11) is 0. The minimum absolute atomic E-state index is 0.235. The number of benzene rings is 1. The summed E-state index contributed by atoms with van der Waals surface area (Å²) in [6.07, 6.45) is 8.86. The quantitative estimate of drug-likeness (QED) is 0.937. The molecular weight excluding hydrogens is 272 g/mol. The Bertz CT molecular complexity index is 644. The number of imidazole rings is 1. The number of aromatic nitrogens is 2. The molecule has 0 atom stereocenters. The third-order valence-electron chi connectivity index (χ3n) is 4.27. The van der Waals surface area contributed by atoms with Gasteiger partial charge in [-0.1, -0.05) is 18.9 Å². The van der Waals surface area contributed by atoms with Gasteiger partial charge in [-0.05, 0) is 31.2 Å². The molecule has 1 aliphatic rings. The number of carbonyl (C=O) groups is 1. The summed E-state index contributed by atoms with van der Waals surface area (Å²) in [4.78, 5) is 15.8. The van der Waals surface area contributed by atoms with Crippen LogP contribution >= 0.6 is 11.8 Å². The number of rotatable bonds is 4. The highest BCUT2D eigenvalue weighted by Gasteiger charge is 2.34. The Labute approximate surface area is 122 Å². The van der Waals surface area contributed by atoms with E-state index in [1.54, 1.807) is 18.5 Å². The molecule has 0 aliphatic heterocycles. The van der Waals surface area contributed by atoms with Crippen LogP contribution < -0.4 is 0 Å². The Balaban J connectivity index is 2.06. The van der Waals surface area contributed by atoms with E-state index in [1.807, 2.05) is 22.4 Å². The molecule has 20 heavy (non-hydrogen) atoms. The smallest absolute Gasteiger partial charge is 0.337 e. The van der Waals surface area contributed by atoms with Crippen molar-refractivity contribution in [1.82, 2.24) is 9.55 Å². The Morgan fingerprint density at radius 1 is 1.45 bits per heavy atom. The number of para-hydroxylation sites is 1. The van der Waals surface area contributed by atoms with Gasteiger partial charge in [0.2, 0.25) is 0 Å². The van der Waals surface area contributed by atoms with Crippen LogP contribution in [0.4, 0.5) is 0 Å². The summed E-state index contributed by atoms with van der Waals surface area (Å²) in [5.74, 6) is -0.887. The third-order valence-corrected chi connectivity index (χ3v) is 5.68. The minimum Gasteiger partial charge on any atom is -0.478 e. The number of fused-ring (bicyclic) bond motifs is 1. The molecule has 1 heterocycles. The Kier molecular flexibility index (Phi) is 3.46. The lowest BCUT2D eigenvalue weighted by molar-refractivity contribution is 0.0698. The second kappa shape index (κ2) is 5.13. The van der Waals surface area contributed by atoms with Crippen LogP contribution in [-0.4, -0.2) is 31.6 Å². The summed E-state index contributed by atoms with van der Waals surface area (Å²) >= 11 is 1.90. The predicted molar refractivity (Wildman–Crippen MR) is 81.4 cm³/mol. The van der Waals surface area contributed by atoms with E-state index >= 15 is 0 Å². The van der Waals surface area contributed by atoms with Crippen molar-refractivity contribution in [3.63, 3.8) is 0 Å². The normalized spacial score (nSPS) is 17.6. The molecule has 1 aliphatic carbocycles. The molecule has 5 heteroatoms. The zero-order valence-electron chi connectivity index (χ0n) is 11.5. The van der Waals surface area contributed by atoms with Crippen molar-refractivity contribution in [3.05, 3.63) is 30.1 Å². The standard InChI is InChI=1S/C15H18N2O2S/c1-20-15(7-2-3-8-15)9-17-10-16-12-6-4-5-11(13(12)17)14(18)19/h4-6,10H,2-3,7-9H2,1H3,(H,18,19). The molecule has 1 N–H and O–H groups in total. The van der Waals surface area contributed by atoms with Crippen molar-refractivity contribution in [1.29, 1.82) is 0 Å². The van der Waals surface area contributed by atoms with E-state index in [-0.39, 0.29) is 4.75 Å². The van der Waals surface area contributed by atoms with Gasteiger partial charge in [0.25, 0.3) is 0 Å². The van der Waals surface area contributed by atoms with Crippen molar-refractivity contribution in [2.75, 3.05) is 6.26 Å². The van der Waals surface area contributed by atoms with Crippen molar-refractivity contribution >= 4 is 28.8 Å². The molecule has 106 valence electrons. The molecule has 0 amide bonds. The largest absolute Gasteiger partial charge is 0.478 e. The second-order valence-electron chi connectivity index (χ2n) is 5.45. The number of thioether (sulfide) groups is 1. The fraction of sp³-hybridized carbons (Fsp3) is 0.467. The first-order valence-corrected chi connectivity index (χ1v) is 8.10. The number of hydrogen-bond donors (Lipinski definition) is 1. The van der Waals surface area contributed by atoms with Crippen molar-refractivity contribution in [2.24, 2.45) is 0 Å². The van der Waals surface area contributed by atoms with E-state index in [9.17, 15) is 9.90 Å². The molecule has 0 bridgehead atoms.